The summed E-state index contributed by atoms with van der Waals surface area (Å²) in [5, 5.41) is 13.0. The van der Waals surface area contributed by atoms with Crippen LogP contribution in [0.4, 0.5) is 28.0 Å². The molecular weight excluding hydrogens is 460 g/mol. The second kappa shape index (κ2) is 11.5. The van der Waals surface area contributed by atoms with E-state index in [1.54, 1.807) is 30.3 Å². The monoisotopic (exact) mass is 484 g/mol. The highest BCUT2D eigenvalue weighted by atomic mass is 19.4. The maximum Gasteiger partial charge on any atom is 0.408 e. The van der Waals surface area contributed by atoms with Crippen molar-refractivity contribution < 1.29 is 41.8 Å². The molecule has 0 aliphatic rings. The van der Waals surface area contributed by atoms with Crippen LogP contribution in [0.3, 0.4) is 0 Å². The third-order valence-corrected chi connectivity index (χ3v) is 5.04. The summed E-state index contributed by atoms with van der Waals surface area (Å²) in [6, 6.07) is 9.64. The molecule has 0 spiro atoms. The number of carbonyl (C=O) groups is 3. The van der Waals surface area contributed by atoms with E-state index in [0.717, 1.165) is 12.1 Å². The number of amides is 2. The molecule has 0 aliphatic heterocycles. The number of benzene rings is 2. The number of halogens is 4. The van der Waals surface area contributed by atoms with E-state index in [9.17, 15) is 31.9 Å². The molecule has 2 aromatic rings. The molecule has 0 aliphatic carbocycles. The predicted octanol–water partition coefficient (Wildman–Crippen LogP) is 4.52. The van der Waals surface area contributed by atoms with Gasteiger partial charge in [0, 0.05) is 0 Å². The zero-order chi connectivity index (χ0) is 25.5. The number of carboxylic acids is 1. The Morgan fingerprint density at radius 2 is 1.68 bits per heavy atom. The van der Waals surface area contributed by atoms with Gasteiger partial charge in [0.25, 0.3) is 0 Å². The number of carbonyl (C=O) groups excluding carboxylic acids is 2. The molecule has 11 heteroatoms. The maximum atomic E-state index is 14.2. The molecular formula is C23H24F4N2O5. The van der Waals surface area contributed by atoms with Crippen LogP contribution in [-0.2, 0) is 27.4 Å². The number of nitrogens with one attached hydrogen (secondary N) is 2. The van der Waals surface area contributed by atoms with Gasteiger partial charge in [-0.3, -0.25) is 9.59 Å². The molecule has 3 N–H and O–H groups in total. The number of ether oxygens (including phenoxy) is 1. The first-order valence-corrected chi connectivity index (χ1v) is 10.2. The lowest BCUT2D eigenvalue weighted by Gasteiger charge is -2.26. The van der Waals surface area contributed by atoms with E-state index in [0.29, 0.717) is 18.1 Å². The van der Waals surface area contributed by atoms with Crippen molar-refractivity contribution in [2.45, 2.75) is 39.1 Å². The Morgan fingerprint density at radius 1 is 1.03 bits per heavy atom. The minimum absolute atomic E-state index is 0.00489. The molecule has 0 bridgehead atoms. The Morgan fingerprint density at radius 3 is 2.26 bits per heavy atom. The summed E-state index contributed by atoms with van der Waals surface area (Å²) >= 11 is 0. The molecule has 7 nitrogen and oxygen atoms in total. The smallest absolute Gasteiger partial charge is 0.408 e. The van der Waals surface area contributed by atoms with Gasteiger partial charge in [0.1, 0.15) is 18.5 Å². The number of alkyl carbamates (subject to hydrolysis) is 1. The van der Waals surface area contributed by atoms with Crippen LogP contribution in [0, 0.1) is 17.7 Å². The van der Waals surface area contributed by atoms with Gasteiger partial charge in [-0.25, -0.2) is 9.18 Å². The van der Waals surface area contributed by atoms with Gasteiger partial charge in [-0.2, -0.15) is 13.2 Å². The summed E-state index contributed by atoms with van der Waals surface area (Å²) in [6.45, 7) is 1.89. The lowest BCUT2D eigenvalue weighted by Crippen LogP contribution is -2.52. The molecule has 3 atom stereocenters. The Balaban J connectivity index is 2.17. The van der Waals surface area contributed by atoms with Crippen LogP contribution in [0.1, 0.15) is 25.0 Å². The minimum Gasteiger partial charge on any atom is -0.481 e. The van der Waals surface area contributed by atoms with E-state index >= 15 is 0 Å². The van der Waals surface area contributed by atoms with Gasteiger partial charge in [-0.15, -0.1) is 0 Å². The molecule has 0 fully saturated rings. The average Bonchev–Trinajstić information content (AvgIpc) is 2.77. The van der Waals surface area contributed by atoms with Gasteiger partial charge in [0.2, 0.25) is 5.91 Å². The van der Waals surface area contributed by atoms with Crippen LogP contribution in [-0.4, -0.2) is 35.3 Å². The van der Waals surface area contributed by atoms with Crippen LogP contribution >= 0.6 is 0 Å². The standard InChI is InChI=1S/C23H24F4N2O5/c1-13(21(31)32)10-16-8-9-17(24)18(11-16)28-20(30)19(14(2)23(25,26)27)29-22(33)34-12-15-6-4-3-5-7-15/h3-9,11,13-14,19H,10,12H2,1-2H3,(H,28,30)(H,29,33)(H,31,32)/t13-,14+,19?/m0/s1. The third-order valence-electron chi connectivity index (χ3n) is 5.04. The lowest BCUT2D eigenvalue weighted by molar-refractivity contribution is -0.178. The molecule has 0 aromatic heterocycles. The normalized spacial score (nSPS) is 13.9. The molecule has 0 heterocycles. The molecule has 2 aromatic carbocycles. The summed E-state index contributed by atoms with van der Waals surface area (Å²) < 4.78 is 59.2. The van der Waals surface area contributed by atoms with Crippen molar-refractivity contribution >= 4 is 23.7 Å². The van der Waals surface area contributed by atoms with E-state index in [2.05, 4.69) is 5.32 Å². The van der Waals surface area contributed by atoms with E-state index < -0.39 is 53.5 Å². The van der Waals surface area contributed by atoms with Crippen LogP contribution < -0.4 is 10.6 Å². The zero-order valence-corrected chi connectivity index (χ0v) is 18.4. The molecule has 2 rings (SSSR count). The van der Waals surface area contributed by atoms with Crippen molar-refractivity contribution in [3.63, 3.8) is 0 Å². The molecule has 1 unspecified atom stereocenters. The maximum absolute atomic E-state index is 14.2. The highest BCUT2D eigenvalue weighted by Gasteiger charge is 2.45. The fourth-order valence-corrected chi connectivity index (χ4v) is 2.94. The van der Waals surface area contributed by atoms with E-state index in [-0.39, 0.29) is 13.0 Å². The van der Waals surface area contributed by atoms with Crippen LogP contribution in [0.2, 0.25) is 0 Å². The number of rotatable bonds is 9. The van der Waals surface area contributed by atoms with Crippen molar-refractivity contribution in [1.82, 2.24) is 5.32 Å². The SMILES string of the molecule is C[C@H](C(NC(=O)OCc1ccccc1)C(=O)Nc1cc(C[C@H](C)C(=O)O)ccc1F)C(F)(F)F. The molecule has 0 saturated carbocycles. The number of aliphatic carboxylic acids is 1. The second-order valence-corrected chi connectivity index (χ2v) is 7.76. The van der Waals surface area contributed by atoms with Gasteiger partial charge in [-0.05, 0) is 29.7 Å². The third kappa shape index (κ3) is 7.75. The summed E-state index contributed by atoms with van der Waals surface area (Å²) in [6.07, 6.45) is -6.11. The Bertz CT molecular complexity index is 1010. The number of hydrogen-bond acceptors (Lipinski definition) is 4. The highest BCUT2D eigenvalue weighted by molar-refractivity contribution is 5.97. The van der Waals surface area contributed by atoms with Crippen molar-refractivity contribution in [1.29, 1.82) is 0 Å². The van der Waals surface area contributed by atoms with Crippen molar-refractivity contribution in [3.05, 3.63) is 65.5 Å². The van der Waals surface area contributed by atoms with Crippen LogP contribution in [0.25, 0.3) is 0 Å². The number of carboxylic acid groups (broad SMARTS) is 1. The lowest BCUT2D eigenvalue weighted by atomic mass is 9.99. The fraction of sp³-hybridized carbons (Fsp3) is 0.348. The van der Waals surface area contributed by atoms with Crippen molar-refractivity contribution in [2.24, 2.45) is 11.8 Å². The molecule has 34 heavy (non-hydrogen) atoms. The predicted molar refractivity (Wildman–Crippen MR) is 114 cm³/mol. The summed E-state index contributed by atoms with van der Waals surface area (Å²) in [7, 11) is 0. The van der Waals surface area contributed by atoms with E-state index in [1.165, 1.54) is 13.0 Å². The van der Waals surface area contributed by atoms with Crippen molar-refractivity contribution in [2.75, 3.05) is 5.32 Å². The molecule has 0 radical (unpaired) electrons. The fourth-order valence-electron chi connectivity index (χ4n) is 2.94. The highest BCUT2D eigenvalue weighted by Crippen LogP contribution is 2.29. The number of hydrogen-bond donors (Lipinski definition) is 3. The average molecular weight is 484 g/mol. The quantitative estimate of drug-likeness (QED) is 0.454. The van der Waals surface area contributed by atoms with E-state index in [4.69, 9.17) is 9.84 Å². The van der Waals surface area contributed by atoms with Crippen molar-refractivity contribution in [3.8, 4) is 0 Å². The van der Waals surface area contributed by atoms with Gasteiger partial charge >= 0.3 is 18.2 Å². The molecule has 0 saturated heterocycles. The van der Waals surface area contributed by atoms with E-state index in [1.807, 2.05) is 5.32 Å². The summed E-state index contributed by atoms with van der Waals surface area (Å²) in [5.41, 5.74) is 0.484. The summed E-state index contributed by atoms with van der Waals surface area (Å²) in [4.78, 5) is 35.8. The Hall–Kier alpha value is -3.63. The first-order valence-electron chi connectivity index (χ1n) is 10.2. The molecule has 2 amide bonds. The Labute approximate surface area is 193 Å². The zero-order valence-electron chi connectivity index (χ0n) is 18.4. The topological polar surface area (TPSA) is 105 Å². The first-order chi connectivity index (χ1) is 15.9. The van der Waals surface area contributed by atoms with Gasteiger partial charge < -0.3 is 20.5 Å². The Kier molecular flexibility index (Phi) is 8.99. The van der Waals surface area contributed by atoms with Gasteiger partial charge in [-0.1, -0.05) is 50.2 Å². The van der Waals surface area contributed by atoms with Crippen LogP contribution in [0.15, 0.2) is 48.5 Å². The summed E-state index contributed by atoms with van der Waals surface area (Å²) in [5.74, 6) is -6.48. The minimum atomic E-state index is -4.86. The first kappa shape index (κ1) is 26.6. The second-order valence-electron chi connectivity index (χ2n) is 7.76. The largest absolute Gasteiger partial charge is 0.481 e. The number of anilines is 1. The van der Waals surface area contributed by atoms with Gasteiger partial charge in [0.05, 0.1) is 17.5 Å². The van der Waals surface area contributed by atoms with Crippen LogP contribution in [0.5, 0.6) is 0 Å². The number of alkyl halides is 3. The molecule has 184 valence electrons. The van der Waals surface area contributed by atoms with Gasteiger partial charge in [0.15, 0.2) is 0 Å².